The minimum Gasteiger partial charge on any atom is -0.422 e. The summed E-state index contributed by atoms with van der Waals surface area (Å²) in [5, 5.41) is 6.61. The van der Waals surface area contributed by atoms with Crippen molar-refractivity contribution in [3.63, 3.8) is 0 Å². The van der Waals surface area contributed by atoms with Crippen LogP contribution in [0.4, 0.5) is 0 Å². The van der Waals surface area contributed by atoms with Gasteiger partial charge in [-0.1, -0.05) is 43.0 Å². The molecule has 0 saturated carbocycles. The quantitative estimate of drug-likeness (QED) is 0.160. The van der Waals surface area contributed by atoms with Gasteiger partial charge >= 0.3 is 5.97 Å². The molecule has 0 atom stereocenters. The van der Waals surface area contributed by atoms with E-state index in [9.17, 15) is 4.79 Å². The van der Waals surface area contributed by atoms with Gasteiger partial charge in [-0.15, -0.1) is 22.7 Å². The molecular formula is C27H20O2S2. The minimum atomic E-state index is -0.412. The van der Waals surface area contributed by atoms with Crippen molar-refractivity contribution in [2.75, 3.05) is 0 Å². The number of esters is 1. The van der Waals surface area contributed by atoms with Crippen LogP contribution in [0.1, 0.15) is 12.5 Å². The van der Waals surface area contributed by atoms with Crippen molar-refractivity contribution < 1.29 is 9.53 Å². The van der Waals surface area contributed by atoms with Crippen molar-refractivity contribution in [2.24, 2.45) is 0 Å². The first-order valence-electron chi connectivity index (χ1n) is 9.98. The Morgan fingerprint density at radius 2 is 1.29 bits per heavy atom. The number of rotatable bonds is 4. The molecule has 0 fully saturated rings. The molecule has 2 aromatic heterocycles. The average Bonchev–Trinajstić information content (AvgIpc) is 3.39. The SMILES string of the molecule is C=C(C)C(=O)Oc1c(-c2csc3ccccc23)cc(C)cc1-c1csc2ccccc12. The minimum absolute atomic E-state index is 0.378. The van der Waals surface area contributed by atoms with E-state index in [0.717, 1.165) is 38.6 Å². The first-order chi connectivity index (χ1) is 15.0. The molecular weight excluding hydrogens is 420 g/mol. The molecule has 2 heterocycles. The third kappa shape index (κ3) is 3.48. The second-order valence-corrected chi connectivity index (χ2v) is 9.47. The Morgan fingerprint density at radius 3 is 1.77 bits per heavy atom. The Bertz CT molecular complexity index is 1370. The fraction of sp³-hybridized carbons (Fsp3) is 0.0741. The van der Waals surface area contributed by atoms with E-state index in [-0.39, 0.29) is 0 Å². The number of ether oxygens (including phenoxy) is 1. The first-order valence-corrected chi connectivity index (χ1v) is 11.7. The Balaban J connectivity index is 1.82. The molecule has 152 valence electrons. The number of hydrogen-bond donors (Lipinski definition) is 0. The normalized spacial score (nSPS) is 11.2. The summed E-state index contributed by atoms with van der Waals surface area (Å²) in [6, 6.07) is 20.9. The molecule has 0 aliphatic carbocycles. The summed E-state index contributed by atoms with van der Waals surface area (Å²) in [7, 11) is 0. The average molecular weight is 441 g/mol. The second kappa shape index (κ2) is 7.80. The highest BCUT2D eigenvalue weighted by atomic mass is 32.1. The number of aryl methyl sites for hydroxylation is 1. The van der Waals surface area contributed by atoms with Crippen LogP contribution in [0.15, 0.2) is 83.6 Å². The number of carbonyl (C=O) groups is 1. The zero-order valence-corrected chi connectivity index (χ0v) is 18.9. The highest BCUT2D eigenvalue weighted by Crippen LogP contribution is 2.46. The van der Waals surface area contributed by atoms with E-state index >= 15 is 0 Å². The van der Waals surface area contributed by atoms with Crippen LogP contribution in [-0.2, 0) is 4.79 Å². The third-order valence-electron chi connectivity index (χ3n) is 5.32. The van der Waals surface area contributed by atoms with E-state index in [4.69, 9.17) is 4.74 Å². The Hall–Kier alpha value is -3.21. The van der Waals surface area contributed by atoms with Crippen molar-refractivity contribution in [1.29, 1.82) is 0 Å². The number of carbonyl (C=O) groups excluding carboxylic acids is 1. The van der Waals surface area contributed by atoms with Gasteiger partial charge in [0.25, 0.3) is 0 Å². The third-order valence-corrected chi connectivity index (χ3v) is 7.25. The lowest BCUT2D eigenvalue weighted by molar-refractivity contribution is -0.130. The monoisotopic (exact) mass is 440 g/mol. The van der Waals surface area contributed by atoms with Gasteiger partial charge in [0, 0.05) is 48.0 Å². The molecule has 0 N–H and O–H groups in total. The van der Waals surface area contributed by atoms with Gasteiger partial charge in [0.05, 0.1) is 0 Å². The van der Waals surface area contributed by atoms with E-state index in [2.05, 4.69) is 60.7 Å². The van der Waals surface area contributed by atoms with Crippen LogP contribution in [0.2, 0.25) is 0 Å². The van der Waals surface area contributed by atoms with E-state index < -0.39 is 5.97 Å². The van der Waals surface area contributed by atoms with Crippen molar-refractivity contribution in [3.8, 4) is 28.0 Å². The maximum absolute atomic E-state index is 12.7. The van der Waals surface area contributed by atoms with Crippen LogP contribution in [0.3, 0.4) is 0 Å². The molecule has 0 aliphatic rings. The standard InChI is InChI=1S/C27H20O2S2/c1-16(2)27(28)29-26-20(22-14-30-24-10-6-4-8-18(22)24)12-17(3)13-21(26)23-15-31-25-11-7-5-9-19(23)25/h4-15H,1H2,2-3H3. The fourth-order valence-electron chi connectivity index (χ4n) is 3.84. The second-order valence-electron chi connectivity index (χ2n) is 7.65. The summed E-state index contributed by atoms with van der Waals surface area (Å²) in [5.74, 6) is 0.177. The zero-order chi connectivity index (χ0) is 21.5. The summed E-state index contributed by atoms with van der Waals surface area (Å²) in [4.78, 5) is 12.7. The van der Waals surface area contributed by atoms with Crippen molar-refractivity contribution in [3.05, 3.63) is 89.1 Å². The van der Waals surface area contributed by atoms with Crippen LogP contribution < -0.4 is 4.74 Å². The molecule has 2 nitrogen and oxygen atoms in total. The zero-order valence-electron chi connectivity index (χ0n) is 17.3. The van der Waals surface area contributed by atoms with E-state index in [1.54, 1.807) is 29.6 Å². The maximum Gasteiger partial charge on any atom is 0.338 e. The molecule has 5 aromatic rings. The summed E-state index contributed by atoms with van der Waals surface area (Å²) >= 11 is 3.40. The topological polar surface area (TPSA) is 26.3 Å². The van der Waals surface area contributed by atoms with Gasteiger partial charge < -0.3 is 4.74 Å². The Labute approximate surface area is 189 Å². The summed E-state index contributed by atoms with van der Waals surface area (Å²) < 4.78 is 8.42. The summed E-state index contributed by atoms with van der Waals surface area (Å²) in [6.07, 6.45) is 0. The maximum atomic E-state index is 12.7. The van der Waals surface area contributed by atoms with Crippen LogP contribution >= 0.6 is 22.7 Å². The summed E-state index contributed by atoms with van der Waals surface area (Å²) in [6.45, 7) is 7.54. The number of thiophene rings is 2. The van der Waals surface area contributed by atoms with Crippen LogP contribution in [0.5, 0.6) is 5.75 Å². The Morgan fingerprint density at radius 1 is 0.806 bits per heavy atom. The molecule has 4 heteroatoms. The predicted octanol–water partition coefficient (Wildman–Crippen LogP) is 8.24. The molecule has 0 aliphatic heterocycles. The van der Waals surface area contributed by atoms with Crippen LogP contribution in [-0.4, -0.2) is 5.97 Å². The van der Waals surface area contributed by atoms with E-state index in [1.165, 1.54) is 9.40 Å². The van der Waals surface area contributed by atoms with Crippen LogP contribution in [0.25, 0.3) is 42.4 Å². The smallest absolute Gasteiger partial charge is 0.338 e. The van der Waals surface area contributed by atoms with E-state index in [1.807, 2.05) is 24.3 Å². The van der Waals surface area contributed by atoms with Crippen molar-refractivity contribution in [1.82, 2.24) is 0 Å². The molecule has 31 heavy (non-hydrogen) atoms. The molecule has 0 saturated heterocycles. The molecule has 0 unspecified atom stereocenters. The van der Waals surface area contributed by atoms with Gasteiger partial charge in [-0.25, -0.2) is 4.79 Å². The molecule has 0 radical (unpaired) electrons. The number of fused-ring (bicyclic) bond motifs is 2. The summed E-state index contributed by atoms with van der Waals surface area (Å²) in [5.41, 5.74) is 5.51. The lowest BCUT2D eigenvalue weighted by Gasteiger charge is -2.16. The van der Waals surface area contributed by atoms with Gasteiger partial charge in [0.2, 0.25) is 0 Å². The lowest BCUT2D eigenvalue weighted by atomic mass is 9.94. The van der Waals surface area contributed by atoms with Crippen molar-refractivity contribution >= 4 is 48.8 Å². The van der Waals surface area contributed by atoms with Gasteiger partial charge in [0.1, 0.15) is 5.75 Å². The highest BCUT2D eigenvalue weighted by Gasteiger charge is 2.21. The molecule has 3 aromatic carbocycles. The molecule has 5 rings (SSSR count). The number of benzene rings is 3. The van der Waals surface area contributed by atoms with Crippen molar-refractivity contribution in [2.45, 2.75) is 13.8 Å². The largest absolute Gasteiger partial charge is 0.422 e. The molecule has 0 amide bonds. The predicted molar refractivity (Wildman–Crippen MR) is 133 cm³/mol. The Kier molecular flexibility index (Phi) is 4.97. The van der Waals surface area contributed by atoms with E-state index in [0.29, 0.717) is 11.3 Å². The first kappa shape index (κ1) is 19.7. The highest BCUT2D eigenvalue weighted by molar-refractivity contribution is 7.18. The van der Waals surface area contributed by atoms with Gasteiger partial charge in [-0.05, 0) is 54.4 Å². The molecule has 0 spiro atoms. The van der Waals surface area contributed by atoms with Gasteiger partial charge in [-0.2, -0.15) is 0 Å². The lowest BCUT2D eigenvalue weighted by Crippen LogP contribution is -2.10. The molecule has 0 bridgehead atoms. The number of hydrogen-bond acceptors (Lipinski definition) is 4. The van der Waals surface area contributed by atoms with Gasteiger partial charge in [0.15, 0.2) is 0 Å². The van der Waals surface area contributed by atoms with Gasteiger partial charge in [-0.3, -0.25) is 0 Å². The van der Waals surface area contributed by atoms with Crippen LogP contribution in [0, 0.1) is 6.92 Å². The fourth-order valence-corrected chi connectivity index (χ4v) is 5.76.